The molecule has 0 spiro atoms. The van der Waals surface area contributed by atoms with E-state index in [0.717, 1.165) is 5.56 Å². The lowest BCUT2D eigenvalue weighted by atomic mass is 10.0. The highest BCUT2D eigenvalue weighted by atomic mass is 32.2. The minimum Gasteiger partial charge on any atom is -0.337 e. The van der Waals surface area contributed by atoms with E-state index in [-0.39, 0.29) is 11.8 Å². The van der Waals surface area contributed by atoms with E-state index in [2.05, 4.69) is 15.0 Å². The molecule has 0 saturated carbocycles. The fourth-order valence-corrected chi connectivity index (χ4v) is 6.15. The predicted molar refractivity (Wildman–Crippen MR) is 98.0 cm³/mol. The number of fused-ring (bicyclic) bond motifs is 1. The van der Waals surface area contributed by atoms with Gasteiger partial charge in [0.25, 0.3) is 5.91 Å². The first-order chi connectivity index (χ1) is 13.1. The van der Waals surface area contributed by atoms with Crippen molar-refractivity contribution in [2.45, 2.75) is 24.6 Å². The van der Waals surface area contributed by atoms with Crippen molar-refractivity contribution in [3.63, 3.8) is 0 Å². The van der Waals surface area contributed by atoms with Gasteiger partial charge in [0.15, 0.2) is 0 Å². The molecular weight excluding hydrogens is 366 g/mol. The van der Waals surface area contributed by atoms with Crippen molar-refractivity contribution in [1.29, 1.82) is 0 Å². The van der Waals surface area contributed by atoms with Gasteiger partial charge in [0.05, 0.1) is 5.25 Å². The summed E-state index contributed by atoms with van der Waals surface area (Å²) < 4.78 is 27.6. The smallest absolute Gasteiger partial charge is 0.272 e. The number of carbonyl (C=O) groups excluding carboxylic acids is 1. The highest BCUT2D eigenvalue weighted by molar-refractivity contribution is 7.90. The quantitative estimate of drug-likeness (QED) is 0.778. The number of aromatic nitrogens is 3. The second-order valence-corrected chi connectivity index (χ2v) is 9.11. The van der Waals surface area contributed by atoms with Gasteiger partial charge >= 0.3 is 0 Å². The number of sulfonamides is 1. The van der Waals surface area contributed by atoms with Gasteiger partial charge < -0.3 is 4.90 Å². The van der Waals surface area contributed by atoms with E-state index in [1.54, 1.807) is 27.7 Å². The van der Waals surface area contributed by atoms with Crippen LogP contribution in [0.1, 0.15) is 28.9 Å². The molecule has 2 atom stereocenters. The molecule has 2 aromatic heterocycles. The second kappa shape index (κ2) is 7.32. The Labute approximate surface area is 158 Å². The minimum absolute atomic E-state index is 0.0369. The first-order valence-electron chi connectivity index (χ1n) is 8.99. The van der Waals surface area contributed by atoms with E-state index in [1.165, 1.54) is 12.5 Å². The maximum Gasteiger partial charge on any atom is 0.272 e. The molecule has 2 aliphatic heterocycles. The predicted octanol–water partition coefficient (Wildman–Crippen LogP) is 0.938. The summed E-state index contributed by atoms with van der Waals surface area (Å²) >= 11 is 0. The number of carbonyl (C=O) groups is 1. The molecular formula is C18H21N5O3S. The van der Waals surface area contributed by atoms with Gasteiger partial charge in [-0.2, -0.15) is 4.31 Å². The van der Waals surface area contributed by atoms with Crippen molar-refractivity contribution >= 4 is 15.9 Å². The monoisotopic (exact) mass is 387 g/mol. The summed E-state index contributed by atoms with van der Waals surface area (Å²) in [6, 6.07) is 5.28. The van der Waals surface area contributed by atoms with Crippen LogP contribution in [0.2, 0.25) is 0 Å². The lowest BCUT2D eigenvalue weighted by Gasteiger charge is -2.21. The van der Waals surface area contributed by atoms with Crippen molar-refractivity contribution < 1.29 is 13.2 Å². The Hall–Kier alpha value is -2.39. The van der Waals surface area contributed by atoms with E-state index in [9.17, 15) is 13.2 Å². The van der Waals surface area contributed by atoms with Gasteiger partial charge in [0, 0.05) is 44.8 Å². The first-order valence-corrected chi connectivity index (χ1v) is 10.5. The fourth-order valence-electron chi connectivity index (χ4n) is 3.93. The summed E-state index contributed by atoms with van der Waals surface area (Å²) in [5, 5.41) is -0.433. The van der Waals surface area contributed by atoms with Crippen LogP contribution in [0.5, 0.6) is 0 Å². The summed E-state index contributed by atoms with van der Waals surface area (Å²) in [5.41, 5.74) is 1.23. The lowest BCUT2D eigenvalue weighted by Crippen LogP contribution is -2.35. The summed E-state index contributed by atoms with van der Waals surface area (Å²) in [6.07, 6.45) is 7.38. The number of hydrogen-bond acceptors (Lipinski definition) is 6. The molecule has 2 aromatic rings. The molecule has 4 rings (SSSR count). The van der Waals surface area contributed by atoms with Gasteiger partial charge in [0.2, 0.25) is 10.0 Å². The molecule has 1 amide bonds. The normalized spacial score (nSPS) is 25.0. The van der Waals surface area contributed by atoms with Crippen molar-refractivity contribution in [1.82, 2.24) is 24.2 Å². The molecule has 142 valence electrons. The third kappa shape index (κ3) is 3.57. The van der Waals surface area contributed by atoms with Gasteiger partial charge in [0.1, 0.15) is 12.0 Å². The minimum atomic E-state index is -3.38. The van der Waals surface area contributed by atoms with E-state index in [1.807, 2.05) is 12.1 Å². The largest absolute Gasteiger partial charge is 0.337 e. The van der Waals surface area contributed by atoms with E-state index < -0.39 is 15.3 Å². The van der Waals surface area contributed by atoms with Crippen LogP contribution in [-0.2, 0) is 16.6 Å². The first kappa shape index (κ1) is 18.0. The second-order valence-electron chi connectivity index (χ2n) is 6.96. The lowest BCUT2D eigenvalue weighted by molar-refractivity contribution is 0.0753. The molecule has 0 unspecified atom stereocenters. The van der Waals surface area contributed by atoms with Crippen LogP contribution < -0.4 is 0 Å². The molecule has 0 N–H and O–H groups in total. The number of rotatable bonds is 3. The molecule has 8 nitrogen and oxygen atoms in total. The Balaban J connectivity index is 1.46. The van der Waals surface area contributed by atoms with Gasteiger partial charge in [-0.1, -0.05) is 6.07 Å². The maximum absolute atomic E-state index is 13.0. The Morgan fingerprint density at radius 3 is 2.74 bits per heavy atom. The molecule has 0 radical (unpaired) electrons. The van der Waals surface area contributed by atoms with Gasteiger partial charge in [-0.15, -0.1) is 0 Å². The molecule has 4 heterocycles. The summed E-state index contributed by atoms with van der Waals surface area (Å²) in [5.74, 6) is -0.128. The Bertz CT molecular complexity index is 907. The molecule has 0 aromatic carbocycles. The fraction of sp³-hybridized carbons (Fsp3) is 0.444. The topological polar surface area (TPSA) is 96.4 Å². The van der Waals surface area contributed by atoms with Crippen LogP contribution in [0.25, 0.3) is 0 Å². The zero-order chi connectivity index (χ0) is 18.9. The van der Waals surface area contributed by atoms with Crippen LogP contribution in [0.4, 0.5) is 0 Å². The SMILES string of the molecule is O=C(c1ccncn1)N1CC[C@@H]2CN(Cc3cccnc3)S(=O)(=O)[C@@H]2CC1. The molecule has 27 heavy (non-hydrogen) atoms. The third-order valence-electron chi connectivity index (χ3n) is 5.33. The molecule has 2 aliphatic rings. The van der Waals surface area contributed by atoms with E-state index in [0.29, 0.717) is 44.7 Å². The summed E-state index contributed by atoms with van der Waals surface area (Å²) in [7, 11) is -3.38. The van der Waals surface area contributed by atoms with Gasteiger partial charge in [-0.05, 0) is 36.5 Å². The average molecular weight is 387 g/mol. The van der Waals surface area contributed by atoms with Crippen molar-refractivity contribution in [2.24, 2.45) is 5.92 Å². The van der Waals surface area contributed by atoms with Crippen LogP contribution in [0.3, 0.4) is 0 Å². The summed E-state index contributed by atoms with van der Waals surface area (Å²) in [6.45, 7) is 1.81. The number of pyridine rings is 1. The van der Waals surface area contributed by atoms with Crippen molar-refractivity contribution in [3.8, 4) is 0 Å². The Morgan fingerprint density at radius 1 is 1.15 bits per heavy atom. The van der Waals surface area contributed by atoms with Crippen LogP contribution in [-0.4, -0.2) is 63.4 Å². The number of nitrogens with zero attached hydrogens (tertiary/aromatic N) is 5. The number of amides is 1. The maximum atomic E-state index is 13.0. The van der Waals surface area contributed by atoms with Gasteiger partial charge in [-0.3, -0.25) is 9.78 Å². The van der Waals surface area contributed by atoms with E-state index in [4.69, 9.17) is 0 Å². The molecule has 9 heteroatoms. The molecule has 0 bridgehead atoms. The average Bonchev–Trinajstić information content (AvgIpc) is 2.83. The van der Waals surface area contributed by atoms with Crippen LogP contribution in [0, 0.1) is 5.92 Å². The molecule has 2 fully saturated rings. The number of likely N-dealkylation sites (tertiary alicyclic amines) is 1. The third-order valence-corrected chi connectivity index (χ3v) is 7.71. The zero-order valence-electron chi connectivity index (χ0n) is 14.8. The number of hydrogen-bond donors (Lipinski definition) is 0. The highest BCUT2D eigenvalue weighted by Gasteiger charge is 2.47. The standard InChI is InChI=1S/C18H21N5O3S/c24-18(16-3-7-20-13-21-16)22-8-4-15-12-23(11-14-2-1-6-19-10-14)27(25,26)17(15)5-9-22/h1-3,6-7,10,13,15,17H,4-5,8-9,11-12H2/t15-,17-/m1/s1. The van der Waals surface area contributed by atoms with Crippen molar-refractivity contribution in [2.75, 3.05) is 19.6 Å². The van der Waals surface area contributed by atoms with Crippen LogP contribution >= 0.6 is 0 Å². The Morgan fingerprint density at radius 2 is 2.00 bits per heavy atom. The Kier molecular flexibility index (Phi) is 4.88. The molecule has 0 aliphatic carbocycles. The zero-order valence-corrected chi connectivity index (χ0v) is 15.6. The van der Waals surface area contributed by atoms with Crippen LogP contribution in [0.15, 0.2) is 43.1 Å². The van der Waals surface area contributed by atoms with Gasteiger partial charge in [-0.25, -0.2) is 18.4 Å². The van der Waals surface area contributed by atoms with Crippen molar-refractivity contribution in [3.05, 3.63) is 54.4 Å². The molecule has 2 saturated heterocycles. The summed E-state index contributed by atoms with van der Waals surface area (Å²) in [4.78, 5) is 26.2. The van der Waals surface area contributed by atoms with E-state index >= 15 is 0 Å². The highest BCUT2D eigenvalue weighted by Crippen LogP contribution is 2.35.